The van der Waals surface area contributed by atoms with E-state index in [0.717, 1.165) is 13.0 Å². The van der Waals surface area contributed by atoms with Crippen LogP contribution in [0.1, 0.15) is 38.8 Å². The van der Waals surface area contributed by atoms with Crippen LogP contribution in [0.2, 0.25) is 0 Å². The van der Waals surface area contributed by atoms with Gasteiger partial charge in [-0.3, -0.25) is 9.80 Å². The number of rotatable bonds is 8. The van der Waals surface area contributed by atoms with Gasteiger partial charge >= 0.3 is 18.0 Å². The van der Waals surface area contributed by atoms with Crippen molar-refractivity contribution in [3.05, 3.63) is 71.4 Å². The lowest BCUT2D eigenvalue weighted by Crippen LogP contribution is -2.49. The molecule has 4 rings (SSSR count). The van der Waals surface area contributed by atoms with Gasteiger partial charge in [-0.05, 0) is 57.0 Å². The molecule has 1 saturated heterocycles. The van der Waals surface area contributed by atoms with Crippen molar-refractivity contribution in [2.75, 3.05) is 46.4 Å². The maximum atomic E-state index is 13.4. The summed E-state index contributed by atoms with van der Waals surface area (Å²) in [5.74, 6) is 0.802. The minimum Gasteiger partial charge on any atom is -0.463 e. The van der Waals surface area contributed by atoms with E-state index in [4.69, 9.17) is 9.47 Å². The fraction of sp³-hybridized carbons (Fsp3) is 0.433. The molecule has 4 amide bonds. The van der Waals surface area contributed by atoms with E-state index in [1.54, 1.807) is 14.0 Å². The van der Waals surface area contributed by atoms with Crippen LogP contribution in [0.15, 0.2) is 65.9 Å². The molecule has 2 aliphatic rings. The average molecular weight is 550 g/mol. The van der Waals surface area contributed by atoms with Crippen LogP contribution in [0.3, 0.4) is 0 Å². The third kappa shape index (κ3) is 7.12. The number of likely N-dealkylation sites (N-methyl/N-ethyl adjacent to an activating group) is 1. The van der Waals surface area contributed by atoms with Crippen LogP contribution in [0.25, 0.3) is 0 Å². The third-order valence-electron chi connectivity index (χ3n) is 6.90. The maximum absolute atomic E-state index is 13.4. The number of benzene rings is 2. The summed E-state index contributed by atoms with van der Waals surface area (Å²) in [5.41, 5.74) is 1.68. The van der Waals surface area contributed by atoms with Crippen LogP contribution in [0.5, 0.6) is 11.5 Å². The molecule has 10 nitrogen and oxygen atoms in total. The van der Waals surface area contributed by atoms with E-state index in [1.807, 2.05) is 73.3 Å². The van der Waals surface area contributed by atoms with E-state index < -0.39 is 12.0 Å². The van der Waals surface area contributed by atoms with Crippen molar-refractivity contribution < 1.29 is 23.9 Å². The van der Waals surface area contributed by atoms with Crippen molar-refractivity contribution in [1.82, 2.24) is 25.3 Å². The number of carbonyl (C=O) groups excluding carboxylic acids is 3. The number of para-hydroxylation sites is 1. The molecule has 1 fully saturated rings. The van der Waals surface area contributed by atoms with Gasteiger partial charge in [-0.1, -0.05) is 30.3 Å². The van der Waals surface area contributed by atoms with Gasteiger partial charge in [0.2, 0.25) is 0 Å². The van der Waals surface area contributed by atoms with Gasteiger partial charge in [0.05, 0.1) is 18.2 Å². The molecule has 0 saturated carbocycles. The summed E-state index contributed by atoms with van der Waals surface area (Å²) < 4.78 is 11.5. The predicted molar refractivity (Wildman–Crippen MR) is 152 cm³/mol. The number of nitrogens with zero attached hydrogens (tertiary/aromatic N) is 3. The van der Waals surface area contributed by atoms with E-state index in [-0.39, 0.29) is 24.7 Å². The lowest BCUT2D eigenvalue weighted by atomic mass is 9.94. The fourth-order valence-electron chi connectivity index (χ4n) is 4.91. The van der Waals surface area contributed by atoms with Gasteiger partial charge in [-0.2, -0.15) is 0 Å². The number of amides is 4. The van der Waals surface area contributed by atoms with E-state index >= 15 is 0 Å². The summed E-state index contributed by atoms with van der Waals surface area (Å²) in [6.45, 7) is 8.76. The first kappa shape index (κ1) is 28.9. The zero-order valence-corrected chi connectivity index (χ0v) is 23.7. The first-order valence-electron chi connectivity index (χ1n) is 13.8. The number of ether oxygens (including phenoxy) is 2. The second-order valence-corrected chi connectivity index (χ2v) is 10.2. The Morgan fingerprint density at radius 1 is 1.02 bits per heavy atom. The highest BCUT2D eigenvalue weighted by Gasteiger charge is 2.37. The zero-order valence-electron chi connectivity index (χ0n) is 23.7. The molecule has 0 unspecified atom stereocenters. The molecule has 2 aromatic carbocycles. The minimum atomic E-state index is -0.711. The van der Waals surface area contributed by atoms with Crippen molar-refractivity contribution in [2.45, 2.75) is 39.3 Å². The summed E-state index contributed by atoms with van der Waals surface area (Å²) in [6.07, 6.45) is 0.783. The van der Waals surface area contributed by atoms with Gasteiger partial charge in [-0.15, -0.1) is 0 Å². The normalized spacial score (nSPS) is 18.3. The number of urea groups is 2. The molecule has 0 radical (unpaired) electrons. The Kier molecular flexibility index (Phi) is 9.65. The Hall–Kier alpha value is -4.05. The van der Waals surface area contributed by atoms with Gasteiger partial charge in [0.25, 0.3) is 0 Å². The van der Waals surface area contributed by atoms with Crippen LogP contribution in [-0.2, 0) is 9.53 Å². The van der Waals surface area contributed by atoms with Crippen molar-refractivity contribution in [1.29, 1.82) is 0 Å². The molecule has 10 heteroatoms. The molecule has 2 heterocycles. The number of hydrogen-bond acceptors (Lipinski definition) is 6. The van der Waals surface area contributed by atoms with Crippen molar-refractivity contribution >= 4 is 18.0 Å². The number of hydrogen-bond donors (Lipinski definition) is 2. The quantitative estimate of drug-likeness (QED) is 0.481. The smallest absolute Gasteiger partial charge is 0.338 e. The van der Waals surface area contributed by atoms with Gasteiger partial charge < -0.3 is 25.0 Å². The molecule has 0 aromatic heterocycles. The van der Waals surface area contributed by atoms with E-state index in [1.165, 1.54) is 4.90 Å². The standard InChI is InChI=1S/C30H39N5O5/c1-5-39-28(36)26-25(20-34-15-10-16-35(18-17-34)30(38)31-21(2)3)33(4)29(37)32-27(26)22-11-9-14-24(19-22)40-23-12-7-6-8-13-23/h6-9,11-14,19,21,27H,5,10,15-18,20H2,1-4H3,(H,31,38)(H,32,37)/t27-/m0/s1. The fourth-order valence-corrected chi connectivity index (χ4v) is 4.91. The molecule has 1 atom stereocenters. The Morgan fingerprint density at radius 3 is 2.50 bits per heavy atom. The average Bonchev–Trinajstić information content (AvgIpc) is 3.17. The molecule has 2 aromatic rings. The van der Waals surface area contributed by atoms with Crippen LogP contribution in [0.4, 0.5) is 9.59 Å². The molecular weight excluding hydrogens is 510 g/mol. The van der Waals surface area contributed by atoms with Crippen molar-refractivity contribution in [3.63, 3.8) is 0 Å². The molecule has 2 aliphatic heterocycles. The minimum absolute atomic E-state index is 0.0621. The SMILES string of the molecule is CCOC(=O)C1=C(CN2CCCN(C(=O)NC(C)C)CC2)N(C)C(=O)N[C@H]1c1cccc(Oc2ccccc2)c1. The second-order valence-electron chi connectivity index (χ2n) is 10.2. The molecule has 0 aliphatic carbocycles. The summed E-state index contributed by atoms with van der Waals surface area (Å²) in [7, 11) is 1.66. The number of carbonyl (C=O) groups is 3. The number of esters is 1. The zero-order chi connectivity index (χ0) is 28.6. The Labute approximate surface area is 235 Å². The molecular formula is C30H39N5O5. The maximum Gasteiger partial charge on any atom is 0.338 e. The topological polar surface area (TPSA) is 103 Å². The lowest BCUT2D eigenvalue weighted by molar-refractivity contribution is -0.139. The van der Waals surface area contributed by atoms with Gasteiger partial charge in [-0.25, -0.2) is 14.4 Å². The highest BCUT2D eigenvalue weighted by atomic mass is 16.5. The summed E-state index contributed by atoms with van der Waals surface area (Å²) in [5, 5.41) is 5.93. The van der Waals surface area contributed by atoms with E-state index in [2.05, 4.69) is 15.5 Å². The van der Waals surface area contributed by atoms with Gasteiger partial charge in [0, 0.05) is 51.5 Å². The first-order chi connectivity index (χ1) is 19.3. The summed E-state index contributed by atoms with van der Waals surface area (Å²) in [6, 6.07) is 15.8. The Bertz CT molecular complexity index is 1230. The van der Waals surface area contributed by atoms with Crippen LogP contribution < -0.4 is 15.4 Å². The van der Waals surface area contributed by atoms with E-state index in [0.29, 0.717) is 54.5 Å². The second kappa shape index (κ2) is 13.3. The lowest BCUT2D eigenvalue weighted by Gasteiger charge is -2.36. The van der Waals surface area contributed by atoms with Crippen LogP contribution in [-0.4, -0.2) is 85.2 Å². The monoisotopic (exact) mass is 549 g/mol. The highest BCUT2D eigenvalue weighted by Crippen LogP contribution is 2.34. The molecule has 214 valence electrons. The van der Waals surface area contributed by atoms with Gasteiger partial charge in [0.15, 0.2) is 0 Å². The Balaban J connectivity index is 1.62. The number of nitrogens with one attached hydrogen (secondary N) is 2. The first-order valence-corrected chi connectivity index (χ1v) is 13.8. The highest BCUT2D eigenvalue weighted by molar-refractivity contribution is 5.95. The third-order valence-corrected chi connectivity index (χ3v) is 6.90. The summed E-state index contributed by atoms with van der Waals surface area (Å²) >= 11 is 0. The van der Waals surface area contributed by atoms with Crippen LogP contribution >= 0.6 is 0 Å². The molecule has 0 bridgehead atoms. The molecule has 40 heavy (non-hydrogen) atoms. The Morgan fingerprint density at radius 2 is 1.77 bits per heavy atom. The van der Waals surface area contributed by atoms with Crippen molar-refractivity contribution in [3.8, 4) is 11.5 Å². The molecule has 0 spiro atoms. The van der Waals surface area contributed by atoms with Crippen molar-refractivity contribution in [2.24, 2.45) is 0 Å². The van der Waals surface area contributed by atoms with E-state index in [9.17, 15) is 14.4 Å². The molecule has 2 N–H and O–H groups in total. The predicted octanol–water partition coefficient (Wildman–Crippen LogP) is 4.12. The largest absolute Gasteiger partial charge is 0.463 e. The van der Waals surface area contributed by atoms with Gasteiger partial charge in [0.1, 0.15) is 11.5 Å². The summed E-state index contributed by atoms with van der Waals surface area (Å²) in [4.78, 5) is 44.6. The van der Waals surface area contributed by atoms with Crippen LogP contribution in [0, 0.1) is 0 Å².